The van der Waals surface area contributed by atoms with Crippen molar-refractivity contribution in [1.82, 2.24) is 9.62 Å². The van der Waals surface area contributed by atoms with Gasteiger partial charge in [0.25, 0.3) is 0 Å². The summed E-state index contributed by atoms with van der Waals surface area (Å²) in [6.07, 6.45) is 0.381. The predicted molar refractivity (Wildman–Crippen MR) is 60.4 cm³/mol. The highest BCUT2D eigenvalue weighted by atomic mass is 32.2. The molecule has 0 spiro atoms. The molecule has 0 radical (unpaired) electrons. The van der Waals surface area contributed by atoms with E-state index in [1.165, 1.54) is 6.92 Å². The van der Waals surface area contributed by atoms with Crippen molar-refractivity contribution in [1.29, 1.82) is 0 Å². The SMILES string of the molecule is CC(=O)CN(C)CCCS(=O)(=O)NC(C)=O. The van der Waals surface area contributed by atoms with Crippen LogP contribution in [0, 0.1) is 0 Å². The molecule has 0 aromatic carbocycles. The molecule has 0 unspecified atom stereocenters. The summed E-state index contributed by atoms with van der Waals surface area (Å²) in [4.78, 5) is 23.0. The number of hydrogen-bond donors (Lipinski definition) is 1. The predicted octanol–water partition coefficient (Wildman–Crippen LogP) is -0.637. The second kappa shape index (κ2) is 6.59. The van der Waals surface area contributed by atoms with Gasteiger partial charge in [-0.15, -0.1) is 0 Å². The van der Waals surface area contributed by atoms with Gasteiger partial charge in [0.15, 0.2) is 0 Å². The van der Waals surface area contributed by atoms with Crippen molar-refractivity contribution in [3.05, 3.63) is 0 Å². The highest BCUT2D eigenvalue weighted by molar-refractivity contribution is 7.90. The third kappa shape index (κ3) is 8.37. The van der Waals surface area contributed by atoms with Crippen molar-refractivity contribution in [2.24, 2.45) is 0 Å². The lowest BCUT2D eigenvalue weighted by molar-refractivity contribution is -0.118. The number of nitrogens with zero attached hydrogens (tertiary/aromatic N) is 1. The summed E-state index contributed by atoms with van der Waals surface area (Å²) in [5, 5.41) is 0. The Kier molecular flexibility index (Phi) is 6.20. The van der Waals surface area contributed by atoms with Crippen molar-refractivity contribution in [3.8, 4) is 0 Å². The van der Waals surface area contributed by atoms with Crippen LogP contribution >= 0.6 is 0 Å². The fourth-order valence-corrected chi connectivity index (χ4v) is 2.30. The summed E-state index contributed by atoms with van der Waals surface area (Å²) in [6, 6.07) is 0. The number of sulfonamides is 1. The molecule has 0 atom stereocenters. The first kappa shape index (κ1) is 15.0. The maximum absolute atomic E-state index is 11.2. The lowest BCUT2D eigenvalue weighted by Crippen LogP contribution is -2.32. The van der Waals surface area contributed by atoms with E-state index < -0.39 is 15.9 Å². The molecule has 0 aromatic rings. The molecule has 6 nitrogen and oxygen atoms in total. The summed E-state index contributed by atoms with van der Waals surface area (Å²) < 4.78 is 24.3. The molecule has 0 aliphatic heterocycles. The average molecular weight is 250 g/mol. The molecule has 1 N–H and O–H groups in total. The van der Waals surface area contributed by atoms with Gasteiger partial charge in [-0.2, -0.15) is 0 Å². The second-order valence-electron chi connectivity index (χ2n) is 3.77. The summed E-state index contributed by atoms with van der Waals surface area (Å²) in [6.45, 7) is 3.43. The highest BCUT2D eigenvalue weighted by Crippen LogP contribution is 1.93. The number of nitrogens with one attached hydrogen (secondary N) is 1. The molecule has 0 heterocycles. The van der Waals surface area contributed by atoms with Crippen LogP contribution in [0.2, 0.25) is 0 Å². The van der Waals surface area contributed by atoms with E-state index in [0.29, 0.717) is 19.5 Å². The minimum atomic E-state index is -3.52. The molecule has 0 aliphatic rings. The normalized spacial score (nSPS) is 11.5. The van der Waals surface area contributed by atoms with E-state index in [1.54, 1.807) is 11.9 Å². The van der Waals surface area contributed by atoms with E-state index in [0.717, 1.165) is 6.92 Å². The molecule has 7 heteroatoms. The fourth-order valence-electron chi connectivity index (χ4n) is 1.25. The Morgan fingerprint density at radius 1 is 1.25 bits per heavy atom. The van der Waals surface area contributed by atoms with Crippen molar-refractivity contribution >= 4 is 21.7 Å². The first-order valence-electron chi connectivity index (χ1n) is 4.92. The number of carbonyl (C=O) groups is 2. The van der Waals surface area contributed by atoms with Gasteiger partial charge in [0, 0.05) is 6.92 Å². The van der Waals surface area contributed by atoms with Crippen molar-refractivity contribution in [2.45, 2.75) is 20.3 Å². The van der Waals surface area contributed by atoms with Gasteiger partial charge in [-0.1, -0.05) is 0 Å². The Balaban J connectivity index is 3.89. The van der Waals surface area contributed by atoms with Gasteiger partial charge in [0.2, 0.25) is 15.9 Å². The van der Waals surface area contributed by atoms with Crippen molar-refractivity contribution in [3.63, 3.8) is 0 Å². The molecule has 0 aromatic heterocycles. The van der Waals surface area contributed by atoms with Crippen LogP contribution in [0.15, 0.2) is 0 Å². The third-order valence-corrected chi connectivity index (χ3v) is 3.17. The van der Waals surface area contributed by atoms with Crippen LogP contribution in [-0.2, 0) is 19.6 Å². The Morgan fingerprint density at radius 2 is 1.81 bits per heavy atom. The molecule has 0 saturated heterocycles. The van der Waals surface area contributed by atoms with Gasteiger partial charge in [0.05, 0.1) is 12.3 Å². The Morgan fingerprint density at radius 3 is 2.25 bits per heavy atom. The molecule has 1 amide bonds. The molecular weight excluding hydrogens is 232 g/mol. The van der Waals surface area contributed by atoms with Crippen LogP contribution in [0.5, 0.6) is 0 Å². The number of ketones is 1. The summed E-state index contributed by atoms with van der Waals surface area (Å²) >= 11 is 0. The average Bonchev–Trinajstić information content (AvgIpc) is 1.98. The van der Waals surface area contributed by atoms with E-state index in [1.807, 2.05) is 4.72 Å². The molecule has 16 heavy (non-hydrogen) atoms. The Bertz CT molecular complexity index is 351. The van der Waals surface area contributed by atoms with E-state index >= 15 is 0 Å². The zero-order chi connectivity index (χ0) is 12.8. The highest BCUT2D eigenvalue weighted by Gasteiger charge is 2.12. The number of likely N-dealkylation sites (N-methyl/N-ethyl adjacent to an activating group) is 1. The van der Waals surface area contributed by atoms with Gasteiger partial charge in [-0.25, -0.2) is 8.42 Å². The third-order valence-electron chi connectivity index (χ3n) is 1.74. The number of hydrogen-bond acceptors (Lipinski definition) is 5. The Hall–Kier alpha value is -0.950. The molecule has 0 bridgehead atoms. The first-order chi connectivity index (χ1) is 7.23. The van der Waals surface area contributed by atoms with Crippen LogP contribution < -0.4 is 4.72 Å². The largest absolute Gasteiger partial charge is 0.299 e. The lowest BCUT2D eigenvalue weighted by Gasteiger charge is -2.14. The van der Waals surface area contributed by atoms with E-state index in [4.69, 9.17) is 0 Å². The minimum absolute atomic E-state index is 0.0345. The van der Waals surface area contributed by atoms with Crippen LogP contribution in [-0.4, -0.2) is 50.9 Å². The lowest BCUT2D eigenvalue weighted by atomic mass is 10.4. The summed E-state index contributed by atoms with van der Waals surface area (Å²) in [5.74, 6) is -0.668. The fraction of sp³-hybridized carbons (Fsp3) is 0.778. The first-order valence-corrected chi connectivity index (χ1v) is 6.57. The van der Waals surface area contributed by atoms with Crippen LogP contribution in [0.4, 0.5) is 0 Å². The zero-order valence-corrected chi connectivity index (χ0v) is 10.6. The number of carbonyl (C=O) groups excluding carboxylic acids is 2. The van der Waals surface area contributed by atoms with Gasteiger partial charge >= 0.3 is 0 Å². The van der Waals surface area contributed by atoms with Gasteiger partial charge in [-0.05, 0) is 26.9 Å². The van der Waals surface area contributed by atoms with Crippen molar-refractivity contribution in [2.75, 3.05) is 25.9 Å². The van der Waals surface area contributed by atoms with Crippen LogP contribution in [0.1, 0.15) is 20.3 Å². The molecule has 0 rings (SSSR count). The van der Waals surface area contributed by atoms with E-state index in [9.17, 15) is 18.0 Å². The molecular formula is C9H18N2O4S. The van der Waals surface area contributed by atoms with Gasteiger partial charge in [0.1, 0.15) is 5.78 Å². The van der Waals surface area contributed by atoms with E-state index in [2.05, 4.69) is 0 Å². The molecule has 94 valence electrons. The van der Waals surface area contributed by atoms with Gasteiger partial charge in [-0.3, -0.25) is 19.2 Å². The maximum atomic E-state index is 11.2. The monoisotopic (exact) mass is 250 g/mol. The quantitative estimate of drug-likeness (QED) is 0.650. The topological polar surface area (TPSA) is 83.6 Å². The van der Waals surface area contributed by atoms with Crippen LogP contribution in [0.3, 0.4) is 0 Å². The van der Waals surface area contributed by atoms with Gasteiger partial charge < -0.3 is 0 Å². The van der Waals surface area contributed by atoms with E-state index in [-0.39, 0.29) is 11.5 Å². The smallest absolute Gasteiger partial charge is 0.234 e. The number of Topliss-reactive ketones (excluding diaryl/α,β-unsaturated/α-hetero) is 1. The summed E-state index contributed by atoms with van der Waals surface area (Å²) in [5.41, 5.74) is 0. The minimum Gasteiger partial charge on any atom is -0.299 e. The number of amides is 1. The zero-order valence-electron chi connectivity index (χ0n) is 9.82. The van der Waals surface area contributed by atoms with Crippen molar-refractivity contribution < 1.29 is 18.0 Å². The molecule has 0 aliphatic carbocycles. The molecule has 0 saturated carbocycles. The Labute approximate surface area is 96.1 Å². The maximum Gasteiger partial charge on any atom is 0.234 e. The number of rotatable bonds is 7. The summed E-state index contributed by atoms with van der Waals surface area (Å²) in [7, 11) is -1.77. The second-order valence-corrected chi connectivity index (χ2v) is 5.61. The standard InChI is InChI=1S/C9H18N2O4S/c1-8(12)7-11(3)5-4-6-16(14,15)10-9(2)13/h4-7H2,1-3H3,(H,10,13). The van der Waals surface area contributed by atoms with Crippen LogP contribution in [0.25, 0.3) is 0 Å². The molecule has 0 fully saturated rings.